The molecule has 0 aliphatic heterocycles. The van der Waals surface area contributed by atoms with Crippen molar-refractivity contribution in [2.24, 2.45) is 0 Å². The molecule has 21 heavy (non-hydrogen) atoms. The maximum absolute atomic E-state index is 10.2. The van der Waals surface area contributed by atoms with Crippen molar-refractivity contribution in [2.45, 2.75) is 19.1 Å². The van der Waals surface area contributed by atoms with Crippen LogP contribution in [-0.2, 0) is 0 Å². The lowest BCUT2D eigenvalue weighted by atomic mass is 10.0. The van der Waals surface area contributed by atoms with Gasteiger partial charge >= 0.3 is 0 Å². The number of hydrogen-bond donors (Lipinski definition) is 2. The van der Waals surface area contributed by atoms with Crippen molar-refractivity contribution in [1.82, 2.24) is 5.32 Å². The molecule has 0 aliphatic rings. The van der Waals surface area contributed by atoms with E-state index in [1.807, 2.05) is 37.3 Å². The summed E-state index contributed by atoms with van der Waals surface area (Å²) in [7, 11) is 0. The van der Waals surface area contributed by atoms with Gasteiger partial charge in [0.1, 0.15) is 0 Å². The normalized spacial score (nSPS) is 13.4. The Morgan fingerprint density at radius 1 is 1.19 bits per heavy atom. The summed E-state index contributed by atoms with van der Waals surface area (Å²) in [6.45, 7) is 2.44. The number of hydrogen-bond acceptors (Lipinski definition) is 3. The molecule has 2 unspecified atom stereocenters. The molecule has 3 nitrogen and oxygen atoms in total. The van der Waals surface area contributed by atoms with Crippen molar-refractivity contribution in [3.05, 3.63) is 70.2 Å². The lowest BCUT2D eigenvalue weighted by Crippen LogP contribution is -2.24. The first-order valence-electron chi connectivity index (χ1n) is 6.77. The molecule has 108 valence electrons. The minimum Gasteiger partial charge on any atom is -0.387 e. The van der Waals surface area contributed by atoms with Crippen molar-refractivity contribution in [1.29, 1.82) is 5.26 Å². The van der Waals surface area contributed by atoms with Crippen LogP contribution in [0.15, 0.2) is 48.5 Å². The lowest BCUT2D eigenvalue weighted by Gasteiger charge is -2.18. The second-order valence-electron chi connectivity index (χ2n) is 4.93. The van der Waals surface area contributed by atoms with E-state index < -0.39 is 6.10 Å². The van der Waals surface area contributed by atoms with E-state index in [9.17, 15) is 5.11 Å². The van der Waals surface area contributed by atoms with E-state index in [1.165, 1.54) is 0 Å². The van der Waals surface area contributed by atoms with Crippen molar-refractivity contribution in [3.8, 4) is 6.07 Å². The average Bonchev–Trinajstić information content (AvgIpc) is 2.53. The fraction of sp³-hybridized carbons (Fsp3) is 0.235. The first-order chi connectivity index (χ1) is 10.1. The van der Waals surface area contributed by atoms with Crippen molar-refractivity contribution < 1.29 is 5.11 Å². The van der Waals surface area contributed by atoms with Crippen LogP contribution >= 0.6 is 11.6 Å². The van der Waals surface area contributed by atoms with Gasteiger partial charge in [-0.2, -0.15) is 5.26 Å². The summed E-state index contributed by atoms with van der Waals surface area (Å²) in [4.78, 5) is 0. The van der Waals surface area contributed by atoms with Gasteiger partial charge in [0.2, 0.25) is 0 Å². The predicted octanol–water partition coefficient (Wildman–Crippen LogP) is 3.60. The van der Waals surface area contributed by atoms with E-state index in [0.29, 0.717) is 17.1 Å². The summed E-state index contributed by atoms with van der Waals surface area (Å²) < 4.78 is 0. The van der Waals surface area contributed by atoms with Crippen LogP contribution in [0.1, 0.15) is 35.8 Å². The van der Waals surface area contributed by atoms with Gasteiger partial charge < -0.3 is 10.4 Å². The van der Waals surface area contributed by atoms with Crippen LogP contribution in [0, 0.1) is 11.3 Å². The summed E-state index contributed by atoms with van der Waals surface area (Å²) in [5.74, 6) is 0. The third-order valence-corrected chi connectivity index (χ3v) is 3.64. The van der Waals surface area contributed by atoms with Crippen LogP contribution in [0.5, 0.6) is 0 Å². The van der Waals surface area contributed by atoms with E-state index >= 15 is 0 Å². The zero-order valence-corrected chi connectivity index (χ0v) is 12.5. The van der Waals surface area contributed by atoms with Crippen LogP contribution in [0.25, 0.3) is 0 Å². The highest BCUT2D eigenvalue weighted by atomic mass is 35.5. The molecular weight excluding hydrogens is 284 g/mol. The molecule has 0 bridgehead atoms. The molecule has 0 heterocycles. The second kappa shape index (κ2) is 7.24. The molecule has 0 fully saturated rings. The topological polar surface area (TPSA) is 56.0 Å². The molecule has 4 heteroatoms. The molecule has 0 spiro atoms. The molecule has 0 radical (unpaired) electrons. The largest absolute Gasteiger partial charge is 0.387 e. The van der Waals surface area contributed by atoms with Crippen LogP contribution in [-0.4, -0.2) is 11.7 Å². The molecule has 2 aromatic carbocycles. The van der Waals surface area contributed by atoms with Crippen LogP contribution < -0.4 is 5.32 Å². The highest BCUT2D eigenvalue weighted by Gasteiger charge is 2.11. The lowest BCUT2D eigenvalue weighted by molar-refractivity contribution is 0.171. The Morgan fingerprint density at radius 2 is 1.90 bits per heavy atom. The fourth-order valence-electron chi connectivity index (χ4n) is 2.09. The zero-order chi connectivity index (χ0) is 15.2. The first-order valence-corrected chi connectivity index (χ1v) is 7.15. The predicted molar refractivity (Wildman–Crippen MR) is 84.0 cm³/mol. The Labute approximate surface area is 129 Å². The average molecular weight is 301 g/mol. The highest BCUT2D eigenvalue weighted by molar-refractivity contribution is 6.30. The molecule has 2 aromatic rings. The third kappa shape index (κ3) is 4.30. The smallest absolute Gasteiger partial charge is 0.0991 e. The molecular formula is C17H17ClN2O. The van der Waals surface area contributed by atoms with Gasteiger partial charge in [0, 0.05) is 17.6 Å². The van der Waals surface area contributed by atoms with E-state index in [2.05, 4.69) is 11.4 Å². The van der Waals surface area contributed by atoms with Crippen LogP contribution in [0.3, 0.4) is 0 Å². The van der Waals surface area contributed by atoms with E-state index in [4.69, 9.17) is 16.9 Å². The van der Waals surface area contributed by atoms with E-state index in [1.54, 1.807) is 18.2 Å². The van der Waals surface area contributed by atoms with Gasteiger partial charge in [-0.1, -0.05) is 35.9 Å². The Bertz CT molecular complexity index is 634. The molecule has 0 saturated carbocycles. The standard InChI is InChI=1S/C17H17ClN2O/c1-12(15-4-2-3-13(9-15)10-19)20-11-17(21)14-5-7-16(18)8-6-14/h2-9,12,17,20-21H,11H2,1H3. The summed E-state index contributed by atoms with van der Waals surface area (Å²) in [6, 6.07) is 16.8. The number of halogens is 1. The van der Waals surface area contributed by atoms with Gasteiger partial charge in [-0.05, 0) is 42.3 Å². The van der Waals surface area contributed by atoms with Gasteiger partial charge in [0.15, 0.2) is 0 Å². The number of rotatable bonds is 5. The Kier molecular flexibility index (Phi) is 5.35. The Hall–Kier alpha value is -1.86. The number of nitrogens with zero attached hydrogens (tertiary/aromatic N) is 1. The summed E-state index contributed by atoms with van der Waals surface area (Å²) in [5, 5.41) is 23.0. The molecule has 0 aromatic heterocycles. The minimum absolute atomic E-state index is 0.0558. The summed E-state index contributed by atoms with van der Waals surface area (Å²) in [5.41, 5.74) is 2.49. The number of nitriles is 1. The monoisotopic (exact) mass is 300 g/mol. The number of benzene rings is 2. The van der Waals surface area contributed by atoms with E-state index in [-0.39, 0.29) is 6.04 Å². The molecule has 0 saturated heterocycles. The third-order valence-electron chi connectivity index (χ3n) is 3.39. The van der Waals surface area contributed by atoms with Gasteiger partial charge in [-0.25, -0.2) is 0 Å². The summed E-state index contributed by atoms with van der Waals surface area (Å²) >= 11 is 5.83. The SMILES string of the molecule is CC(NCC(O)c1ccc(Cl)cc1)c1cccc(C#N)c1. The first kappa shape index (κ1) is 15.5. The number of aliphatic hydroxyl groups is 1. The molecule has 2 atom stereocenters. The molecule has 2 N–H and O–H groups in total. The second-order valence-corrected chi connectivity index (χ2v) is 5.37. The maximum atomic E-state index is 10.2. The zero-order valence-electron chi connectivity index (χ0n) is 11.8. The van der Waals surface area contributed by atoms with Crippen LogP contribution in [0.4, 0.5) is 0 Å². The van der Waals surface area contributed by atoms with Gasteiger partial charge in [-0.15, -0.1) is 0 Å². The molecule has 0 amide bonds. The van der Waals surface area contributed by atoms with Crippen molar-refractivity contribution in [2.75, 3.05) is 6.54 Å². The van der Waals surface area contributed by atoms with E-state index in [0.717, 1.165) is 11.1 Å². The number of nitrogens with one attached hydrogen (secondary N) is 1. The summed E-state index contributed by atoms with van der Waals surface area (Å²) in [6.07, 6.45) is -0.594. The van der Waals surface area contributed by atoms with Crippen molar-refractivity contribution in [3.63, 3.8) is 0 Å². The van der Waals surface area contributed by atoms with Crippen LogP contribution in [0.2, 0.25) is 5.02 Å². The maximum Gasteiger partial charge on any atom is 0.0991 e. The molecule has 0 aliphatic carbocycles. The van der Waals surface area contributed by atoms with Crippen molar-refractivity contribution >= 4 is 11.6 Å². The van der Waals surface area contributed by atoms with Gasteiger partial charge in [0.25, 0.3) is 0 Å². The Balaban J connectivity index is 1.95. The Morgan fingerprint density at radius 3 is 2.57 bits per heavy atom. The van der Waals surface area contributed by atoms with Gasteiger partial charge in [0.05, 0.1) is 17.7 Å². The quantitative estimate of drug-likeness (QED) is 0.887. The highest BCUT2D eigenvalue weighted by Crippen LogP contribution is 2.18. The van der Waals surface area contributed by atoms with Gasteiger partial charge in [-0.3, -0.25) is 0 Å². The molecule has 2 rings (SSSR count). The number of aliphatic hydroxyl groups excluding tert-OH is 1. The minimum atomic E-state index is -0.594. The fourth-order valence-corrected chi connectivity index (χ4v) is 2.21.